The molecule has 0 bridgehead atoms. The van der Waals surface area contributed by atoms with Crippen LogP contribution in [0, 0.1) is 11.3 Å². The van der Waals surface area contributed by atoms with Gasteiger partial charge in [0.15, 0.2) is 6.04 Å². The first-order valence-corrected chi connectivity index (χ1v) is 6.73. The predicted octanol–water partition coefficient (Wildman–Crippen LogP) is 3.27. The Morgan fingerprint density at radius 1 is 1.19 bits per heavy atom. The van der Waals surface area contributed by atoms with Crippen molar-refractivity contribution in [2.24, 2.45) is 0 Å². The second-order valence-electron chi connectivity index (χ2n) is 4.40. The van der Waals surface area contributed by atoms with Crippen LogP contribution in [0.3, 0.4) is 0 Å². The molecule has 0 saturated carbocycles. The summed E-state index contributed by atoms with van der Waals surface area (Å²) >= 11 is 0. The summed E-state index contributed by atoms with van der Waals surface area (Å²) in [5.41, 5.74) is 1.90. The quantitative estimate of drug-likeness (QED) is 0.854. The maximum absolute atomic E-state index is 12.2. The van der Waals surface area contributed by atoms with Crippen LogP contribution in [-0.4, -0.2) is 12.6 Å². The zero-order valence-electron chi connectivity index (χ0n) is 11.7. The third-order valence-corrected chi connectivity index (χ3v) is 3.00. The Balaban J connectivity index is 2.33. The number of nitrogens with zero attached hydrogens (tertiary/aromatic N) is 1. The van der Waals surface area contributed by atoms with Crippen molar-refractivity contribution in [2.75, 3.05) is 11.9 Å². The minimum absolute atomic E-state index is 0.309. The molecule has 0 radical (unpaired) electrons. The maximum Gasteiger partial charge on any atom is 0.333 e. The molecule has 1 N–H and O–H groups in total. The van der Waals surface area contributed by atoms with Crippen LogP contribution in [0.5, 0.6) is 0 Å². The second kappa shape index (κ2) is 7.11. The van der Waals surface area contributed by atoms with Crippen molar-refractivity contribution in [3.05, 3.63) is 65.7 Å². The van der Waals surface area contributed by atoms with Crippen molar-refractivity contribution in [1.29, 1.82) is 5.26 Å². The number of rotatable bonds is 5. The van der Waals surface area contributed by atoms with Gasteiger partial charge in [-0.15, -0.1) is 0 Å². The molecule has 1 atom stereocenters. The number of anilines is 1. The van der Waals surface area contributed by atoms with Crippen molar-refractivity contribution in [2.45, 2.75) is 13.0 Å². The molecule has 21 heavy (non-hydrogen) atoms. The molecule has 2 aromatic carbocycles. The van der Waals surface area contributed by atoms with E-state index >= 15 is 0 Å². The van der Waals surface area contributed by atoms with E-state index in [9.17, 15) is 4.79 Å². The topological polar surface area (TPSA) is 62.1 Å². The molecule has 2 aromatic rings. The van der Waals surface area contributed by atoms with E-state index in [0.29, 0.717) is 17.9 Å². The van der Waals surface area contributed by atoms with E-state index in [1.54, 1.807) is 25.1 Å². The van der Waals surface area contributed by atoms with Crippen molar-refractivity contribution >= 4 is 11.7 Å². The minimum Gasteiger partial charge on any atom is -0.464 e. The molecule has 0 aliphatic rings. The Bertz CT molecular complexity index is 647. The highest BCUT2D eigenvalue weighted by Crippen LogP contribution is 2.23. The highest BCUT2D eigenvalue weighted by molar-refractivity contribution is 5.81. The average Bonchev–Trinajstić information content (AvgIpc) is 2.54. The first-order valence-electron chi connectivity index (χ1n) is 6.73. The minimum atomic E-state index is -0.638. The number of esters is 1. The molecular formula is C17H16N2O2. The van der Waals surface area contributed by atoms with Gasteiger partial charge in [0.05, 0.1) is 17.9 Å². The van der Waals surface area contributed by atoms with Gasteiger partial charge in [0.1, 0.15) is 6.07 Å². The highest BCUT2D eigenvalue weighted by atomic mass is 16.5. The number of hydrogen-bond acceptors (Lipinski definition) is 4. The Morgan fingerprint density at radius 2 is 1.86 bits per heavy atom. The van der Waals surface area contributed by atoms with Crippen LogP contribution in [0.25, 0.3) is 0 Å². The molecule has 4 nitrogen and oxygen atoms in total. The molecule has 0 aliphatic heterocycles. The van der Waals surface area contributed by atoms with Crippen molar-refractivity contribution in [1.82, 2.24) is 0 Å². The second-order valence-corrected chi connectivity index (χ2v) is 4.40. The lowest BCUT2D eigenvalue weighted by Gasteiger charge is -2.19. The van der Waals surface area contributed by atoms with E-state index in [2.05, 4.69) is 11.4 Å². The SMILES string of the molecule is CCOC(=O)C(Nc1ccccc1C#N)c1ccccc1. The Morgan fingerprint density at radius 3 is 2.52 bits per heavy atom. The lowest BCUT2D eigenvalue weighted by molar-refractivity contribution is -0.144. The van der Waals surface area contributed by atoms with Gasteiger partial charge >= 0.3 is 5.97 Å². The largest absolute Gasteiger partial charge is 0.464 e. The van der Waals surface area contributed by atoms with Crippen LogP contribution >= 0.6 is 0 Å². The van der Waals surface area contributed by atoms with Crippen LogP contribution in [-0.2, 0) is 9.53 Å². The summed E-state index contributed by atoms with van der Waals surface area (Å²) in [4.78, 5) is 12.2. The summed E-state index contributed by atoms with van der Waals surface area (Å²) in [6, 6.07) is 17.9. The van der Waals surface area contributed by atoms with Gasteiger partial charge in [0.2, 0.25) is 0 Å². The van der Waals surface area contributed by atoms with Gasteiger partial charge in [-0.1, -0.05) is 42.5 Å². The number of ether oxygens (including phenoxy) is 1. The summed E-state index contributed by atoms with van der Waals surface area (Å²) in [6.45, 7) is 2.08. The van der Waals surface area contributed by atoms with Crippen molar-refractivity contribution in [3.63, 3.8) is 0 Å². The summed E-state index contributed by atoms with van der Waals surface area (Å²) in [5.74, 6) is -0.364. The number of carbonyl (C=O) groups excluding carboxylic acids is 1. The lowest BCUT2D eigenvalue weighted by atomic mass is 10.1. The van der Waals surface area contributed by atoms with Gasteiger partial charge in [-0.05, 0) is 24.6 Å². The fourth-order valence-electron chi connectivity index (χ4n) is 2.01. The normalized spacial score (nSPS) is 11.2. The third-order valence-electron chi connectivity index (χ3n) is 3.00. The number of nitriles is 1. The van der Waals surface area contributed by atoms with E-state index in [0.717, 1.165) is 5.56 Å². The van der Waals surface area contributed by atoms with Crippen LogP contribution in [0.1, 0.15) is 24.1 Å². The van der Waals surface area contributed by atoms with Crippen molar-refractivity contribution in [3.8, 4) is 6.07 Å². The molecule has 1 unspecified atom stereocenters. The standard InChI is InChI=1S/C17H16N2O2/c1-2-21-17(20)16(13-8-4-3-5-9-13)19-15-11-7-6-10-14(15)12-18/h3-11,16,19H,2H2,1H3. The van der Waals surface area contributed by atoms with E-state index in [4.69, 9.17) is 10.00 Å². The molecule has 0 fully saturated rings. The Labute approximate surface area is 124 Å². The van der Waals surface area contributed by atoms with Crippen LogP contribution in [0.2, 0.25) is 0 Å². The van der Waals surface area contributed by atoms with Gasteiger partial charge in [-0.2, -0.15) is 5.26 Å². The number of nitrogens with one attached hydrogen (secondary N) is 1. The Hall–Kier alpha value is -2.80. The summed E-state index contributed by atoms with van der Waals surface area (Å²) in [7, 11) is 0. The van der Waals surface area contributed by atoms with E-state index in [-0.39, 0.29) is 5.97 Å². The van der Waals surface area contributed by atoms with Crippen LogP contribution < -0.4 is 5.32 Å². The van der Waals surface area contributed by atoms with Gasteiger partial charge in [0, 0.05) is 0 Å². The summed E-state index contributed by atoms with van der Waals surface area (Å²) in [5, 5.41) is 12.2. The molecule has 0 amide bonds. The third kappa shape index (κ3) is 3.61. The predicted molar refractivity (Wildman–Crippen MR) is 80.6 cm³/mol. The monoisotopic (exact) mass is 280 g/mol. The fraction of sp³-hybridized carbons (Fsp3) is 0.176. The molecule has 0 aliphatic carbocycles. The molecule has 0 aromatic heterocycles. The first kappa shape index (κ1) is 14.6. The van der Waals surface area contributed by atoms with Gasteiger partial charge in [0.25, 0.3) is 0 Å². The molecule has 2 rings (SSSR count). The summed E-state index contributed by atoms with van der Waals surface area (Å²) < 4.78 is 5.12. The van der Waals surface area contributed by atoms with Crippen molar-refractivity contribution < 1.29 is 9.53 Å². The molecule has 4 heteroatoms. The zero-order valence-corrected chi connectivity index (χ0v) is 11.7. The number of carbonyl (C=O) groups is 1. The molecule has 0 heterocycles. The number of benzene rings is 2. The van der Waals surface area contributed by atoms with Crippen LogP contribution in [0.15, 0.2) is 54.6 Å². The molecule has 106 valence electrons. The molecule has 0 spiro atoms. The number of para-hydroxylation sites is 1. The van der Waals surface area contributed by atoms with Crippen LogP contribution in [0.4, 0.5) is 5.69 Å². The summed E-state index contributed by atoms with van der Waals surface area (Å²) in [6.07, 6.45) is 0. The molecule has 0 saturated heterocycles. The fourth-order valence-corrected chi connectivity index (χ4v) is 2.01. The lowest BCUT2D eigenvalue weighted by Crippen LogP contribution is -2.23. The van der Waals surface area contributed by atoms with Gasteiger partial charge in [-0.3, -0.25) is 0 Å². The maximum atomic E-state index is 12.2. The van der Waals surface area contributed by atoms with Gasteiger partial charge in [-0.25, -0.2) is 4.79 Å². The number of hydrogen-bond donors (Lipinski definition) is 1. The smallest absolute Gasteiger partial charge is 0.333 e. The van der Waals surface area contributed by atoms with E-state index < -0.39 is 6.04 Å². The van der Waals surface area contributed by atoms with Gasteiger partial charge < -0.3 is 10.1 Å². The van der Waals surface area contributed by atoms with E-state index in [1.165, 1.54) is 0 Å². The molecular weight excluding hydrogens is 264 g/mol. The Kier molecular flexibility index (Phi) is 4.94. The highest BCUT2D eigenvalue weighted by Gasteiger charge is 2.22. The van der Waals surface area contributed by atoms with E-state index in [1.807, 2.05) is 36.4 Å². The average molecular weight is 280 g/mol. The zero-order chi connectivity index (χ0) is 15.1. The first-order chi connectivity index (χ1) is 10.3.